The lowest BCUT2D eigenvalue weighted by atomic mass is 10.1. The molecule has 0 spiro atoms. The van der Waals surface area contributed by atoms with E-state index in [1.165, 1.54) is 19.1 Å². The highest BCUT2D eigenvalue weighted by Crippen LogP contribution is 2.27. The van der Waals surface area contributed by atoms with Crippen LogP contribution in [0.15, 0.2) is 18.2 Å². The molecule has 0 unspecified atom stereocenters. The van der Waals surface area contributed by atoms with Crippen LogP contribution in [0.1, 0.15) is 36.5 Å². The number of hydrogen-bond acceptors (Lipinski definition) is 4. The van der Waals surface area contributed by atoms with Crippen molar-refractivity contribution in [1.82, 2.24) is 15.5 Å². The summed E-state index contributed by atoms with van der Waals surface area (Å²) in [6, 6.07) is 3.37. The lowest BCUT2D eigenvalue weighted by Gasteiger charge is -2.29. The molecule has 1 saturated heterocycles. The third kappa shape index (κ3) is 3.95. The number of carbonyl (C=O) groups is 3. The van der Waals surface area contributed by atoms with E-state index in [1.807, 2.05) is 0 Å². The number of hydrogen-bond donors (Lipinski definition) is 2. The van der Waals surface area contributed by atoms with E-state index >= 15 is 0 Å². The predicted molar refractivity (Wildman–Crippen MR) is 91.2 cm³/mol. The van der Waals surface area contributed by atoms with Gasteiger partial charge in [-0.2, -0.15) is 0 Å². The van der Waals surface area contributed by atoms with Gasteiger partial charge in [-0.1, -0.05) is 0 Å². The maximum Gasteiger partial charge on any atom is 0.255 e. The first-order valence-corrected chi connectivity index (χ1v) is 8.72. The van der Waals surface area contributed by atoms with Crippen LogP contribution in [-0.2, 0) is 9.59 Å². The van der Waals surface area contributed by atoms with Crippen molar-refractivity contribution in [3.05, 3.63) is 29.6 Å². The summed E-state index contributed by atoms with van der Waals surface area (Å²) in [6.45, 7) is 2.12. The Hall–Kier alpha value is -2.64. The molecule has 1 aromatic carbocycles. The minimum Gasteiger partial charge on any atom is -0.491 e. The third-order valence-electron chi connectivity index (χ3n) is 4.77. The van der Waals surface area contributed by atoms with E-state index in [4.69, 9.17) is 4.74 Å². The van der Waals surface area contributed by atoms with Gasteiger partial charge in [0.25, 0.3) is 5.91 Å². The molecule has 3 rings (SSSR count). The number of nitrogens with one attached hydrogen (secondary N) is 2. The first-order valence-electron chi connectivity index (χ1n) is 8.72. The van der Waals surface area contributed by atoms with Crippen molar-refractivity contribution in [3.8, 4) is 5.75 Å². The molecule has 1 fully saturated rings. The first-order chi connectivity index (χ1) is 12.5. The first kappa shape index (κ1) is 18.2. The number of fused-ring (bicyclic) bond motifs is 3. The van der Waals surface area contributed by atoms with Gasteiger partial charge in [0.05, 0.1) is 12.1 Å². The van der Waals surface area contributed by atoms with Crippen molar-refractivity contribution >= 4 is 17.7 Å². The van der Waals surface area contributed by atoms with Crippen LogP contribution in [0.2, 0.25) is 0 Å². The number of rotatable bonds is 0. The normalized spacial score (nSPS) is 24.0. The van der Waals surface area contributed by atoms with Crippen LogP contribution in [0.4, 0.5) is 4.39 Å². The summed E-state index contributed by atoms with van der Waals surface area (Å²) >= 11 is 0. The van der Waals surface area contributed by atoms with Crippen LogP contribution >= 0.6 is 0 Å². The molecule has 26 heavy (non-hydrogen) atoms. The van der Waals surface area contributed by atoms with Crippen LogP contribution in [0.3, 0.4) is 0 Å². The lowest BCUT2D eigenvalue weighted by Crippen LogP contribution is -2.47. The second kappa shape index (κ2) is 7.72. The smallest absolute Gasteiger partial charge is 0.255 e. The highest BCUT2D eigenvalue weighted by molar-refractivity contribution is 5.97. The van der Waals surface area contributed by atoms with Gasteiger partial charge in [-0.3, -0.25) is 14.4 Å². The molecule has 2 aliphatic heterocycles. The van der Waals surface area contributed by atoms with Crippen LogP contribution in [0.25, 0.3) is 0 Å². The molecule has 0 aromatic heterocycles. The summed E-state index contributed by atoms with van der Waals surface area (Å²) in [5.74, 6) is -1.01. The van der Waals surface area contributed by atoms with E-state index in [1.54, 1.807) is 4.90 Å². The molecule has 2 bridgehead atoms. The summed E-state index contributed by atoms with van der Waals surface area (Å²) < 4.78 is 19.1. The van der Waals surface area contributed by atoms with E-state index in [0.29, 0.717) is 12.8 Å². The van der Waals surface area contributed by atoms with Gasteiger partial charge in [-0.25, -0.2) is 4.39 Å². The molecule has 1 aromatic rings. The molecule has 8 heteroatoms. The molecule has 0 saturated carbocycles. The average molecular weight is 363 g/mol. The van der Waals surface area contributed by atoms with Crippen molar-refractivity contribution < 1.29 is 23.5 Å². The molecule has 2 N–H and O–H groups in total. The van der Waals surface area contributed by atoms with E-state index in [-0.39, 0.29) is 61.3 Å². The minimum absolute atomic E-state index is 0.0947. The Morgan fingerprint density at radius 1 is 1.23 bits per heavy atom. The van der Waals surface area contributed by atoms with E-state index in [0.717, 1.165) is 6.07 Å². The van der Waals surface area contributed by atoms with Gasteiger partial charge in [-0.15, -0.1) is 0 Å². The fourth-order valence-electron chi connectivity index (χ4n) is 3.62. The third-order valence-corrected chi connectivity index (χ3v) is 4.77. The Labute approximate surface area is 150 Å². The van der Waals surface area contributed by atoms with E-state index in [9.17, 15) is 18.8 Å². The summed E-state index contributed by atoms with van der Waals surface area (Å²) in [7, 11) is 0. The number of benzene rings is 1. The van der Waals surface area contributed by atoms with Gasteiger partial charge < -0.3 is 20.3 Å². The van der Waals surface area contributed by atoms with Gasteiger partial charge in [0.1, 0.15) is 18.2 Å². The van der Waals surface area contributed by atoms with Crippen molar-refractivity contribution in [2.24, 2.45) is 0 Å². The summed E-state index contributed by atoms with van der Waals surface area (Å²) in [6.07, 6.45) is 1.63. The predicted octanol–water partition coefficient (Wildman–Crippen LogP) is 0.834. The Morgan fingerprint density at radius 2 is 2.00 bits per heavy atom. The lowest BCUT2D eigenvalue weighted by molar-refractivity contribution is -0.132. The summed E-state index contributed by atoms with van der Waals surface area (Å²) in [4.78, 5) is 38.3. The summed E-state index contributed by atoms with van der Waals surface area (Å²) in [5.41, 5.74) is 0.0947. The fraction of sp³-hybridized carbons (Fsp3) is 0.500. The number of ether oxygens (including phenoxy) is 1. The maximum atomic E-state index is 13.6. The van der Waals surface area contributed by atoms with Crippen molar-refractivity contribution in [1.29, 1.82) is 0 Å². The Kier molecular flexibility index (Phi) is 5.39. The standard InChI is InChI=1S/C18H22FN3O4/c1-11(23)22-13-3-4-14(22)10-21-18(25)15-8-12(19)2-5-16(15)26-7-6-20-17(24)9-13/h2,5,8,13-14H,3-4,6-7,9-10H2,1H3,(H,20,24)(H,21,25)/t13-,14+/m0/s1. The molecule has 2 heterocycles. The molecular weight excluding hydrogens is 341 g/mol. The van der Waals surface area contributed by atoms with E-state index in [2.05, 4.69) is 10.6 Å². The quantitative estimate of drug-likeness (QED) is 0.715. The van der Waals surface area contributed by atoms with Crippen LogP contribution in [0, 0.1) is 5.82 Å². The largest absolute Gasteiger partial charge is 0.491 e. The molecule has 0 radical (unpaired) electrons. The Balaban J connectivity index is 1.85. The fourth-order valence-corrected chi connectivity index (χ4v) is 3.62. The molecule has 140 valence electrons. The minimum atomic E-state index is -0.539. The molecule has 0 aliphatic carbocycles. The SMILES string of the molecule is CC(=O)N1[C@@H]2CC[C@H]1CC(=O)NCCOc1ccc(F)cc1C(=O)NC2. The molecule has 3 amide bonds. The molecule has 2 aliphatic rings. The number of carbonyl (C=O) groups excluding carboxylic acids is 3. The van der Waals surface area contributed by atoms with Gasteiger partial charge in [0, 0.05) is 32.0 Å². The molecule has 2 atom stereocenters. The zero-order chi connectivity index (χ0) is 18.7. The van der Waals surface area contributed by atoms with Gasteiger partial charge >= 0.3 is 0 Å². The second-order valence-electron chi connectivity index (χ2n) is 6.56. The average Bonchev–Trinajstić information content (AvgIpc) is 2.99. The topological polar surface area (TPSA) is 87.7 Å². The zero-order valence-electron chi connectivity index (χ0n) is 14.6. The van der Waals surface area contributed by atoms with Crippen LogP contribution in [-0.4, -0.2) is 54.4 Å². The van der Waals surface area contributed by atoms with Crippen LogP contribution < -0.4 is 15.4 Å². The molecule has 7 nitrogen and oxygen atoms in total. The van der Waals surface area contributed by atoms with Crippen LogP contribution in [0.5, 0.6) is 5.75 Å². The highest BCUT2D eigenvalue weighted by atomic mass is 19.1. The number of amides is 3. The van der Waals surface area contributed by atoms with Gasteiger partial charge in [0.15, 0.2) is 0 Å². The Bertz CT molecular complexity index is 724. The second-order valence-corrected chi connectivity index (χ2v) is 6.56. The zero-order valence-corrected chi connectivity index (χ0v) is 14.6. The maximum absolute atomic E-state index is 13.6. The van der Waals surface area contributed by atoms with E-state index < -0.39 is 11.7 Å². The number of nitrogens with zero attached hydrogens (tertiary/aromatic N) is 1. The van der Waals surface area contributed by atoms with Crippen molar-refractivity contribution in [2.45, 2.75) is 38.3 Å². The highest BCUT2D eigenvalue weighted by Gasteiger charge is 2.36. The number of halogens is 1. The Morgan fingerprint density at radius 3 is 2.77 bits per heavy atom. The van der Waals surface area contributed by atoms with Crippen molar-refractivity contribution in [2.75, 3.05) is 19.7 Å². The summed E-state index contributed by atoms with van der Waals surface area (Å²) in [5, 5.41) is 5.52. The van der Waals surface area contributed by atoms with Crippen molar-refractivity contribution in [3.63, 3.8) is 0 Å². The monoisotopic (exact) mass is 363 g/mol. The van der Waals surface area contributed by atoms with Gasteiger partial charge in [0.2, 0.25) is 11.8 Å². The van der Waals surface area contributed by atoms with Gasteiger partial charge in [-0.05, 0) is 31.0 Å². The molecular formula is C18H22FN3O4.